The van der Waals surface area contributed by atoms with E-state index in [2.05, 4.69) is 30.6 Å². The standard InChI is InChI=1S/C9H6N6.C2H6/c1-2-4-7-6(3-1)8(11-5-10-7)9-12-14-15-13-9;1-2/h1-5H,(H,12,13,14,15);1-2H3. The Kier molecular flexibility index (Phi) is 3.34. The van der Waals surface area contributed by atoms with Gasteiger partial charge in [0, 0.05) is 5.39 Å². The molecule has 6 heteroatoms. The smallest absolute Gasteiger partial charge is 0.223 e. The molecule has 0 bridgehead atoms. The van der Waals surface area contributed by atoms with Crippen LogP contribution in [-0.4, -0.2) is 30.6 Å². The highest BCUT2D eigenvalue weighted by Crippen LogP contribution is 2.20. The minimum atomic E-state index is 0.480. The number of tetrazole rings is 1. The first-order chi connectivity index (χ1) is 8.45. The van der Waals surface area contributed by atoms with Gasteiger partial charge in [-0.2, -0.15) is 5.21 Å². The molecule has 0 atom stereocenters. The average Bonchev–Trinajstić information content (AvgIpc) is 2.94. The Hall–Kier alpha value is -2.37. The highest BCUT2D eigenvalue weighted by atomic mass is 15.5. The maximum atomic E-state index is 4.15. The summed E-state index contributed by atoms with van der Waals surface area (Å²) in [5.74, 6) is 0.480. The second-order valence-corrected chi connectivity index (χ2v) is 2.97. The Balaban J connectivity index is 0.000000514. The van der Waals surface area contributed by atoms with Crippen LogP contribution in [0.5, 0.6) is 0 Å². The summed E-state index contributed by atoms with van der Waals surface area (Å²) in [4.78, 5) is 8.31. The molecule has 2 aromatic heterocycles. The number of fused-ring (bicyclic) bond motifs is 1. The van der Waals surface area contributed by atoms with E-state index in [1.807, 2.05) is 38.1 Å². The van der Waals surface area contributed by atoms with Gasteiger partial charge in [-0.05, 0) is 11.3 Å². The first-order valence-corrected chi connectivity index (χ1v) is 5.39. The van der Waals surface area contributed by atoms with E-state index >= 15 is 0 Å². The molecule has 0 aliphatic carbocycles. The van der Waals surface area contributed by atoms with Crippen LogP contribution in [-0.2, 0) is 0 Å². The molecule has 0 radical (unpaired) electrons. The van der Waals surface area contributed by atoms with Gasteiger partial charge in [-0.1, -0.05) is 32.0 Å². The first kappa shape index (κ1) is 11.1. The normalized spacial score (nSPS) is 9.76. The average molecular weight is 228 g/mol. The minimum Gasteiger partial charge on any atom is -0.236 e. The van der Waals surface area contributed by atoms with Gasteiger partial charge in [-0.15, -0.1) is 10.2 Å². The number of hydrogen-bond donors (Lipinski definition) is 1. The third-order valence-electron chi connectivity index (χ3n) is 2.10. The van der Waals surface area contributed by atoms with Crippen LogP contribution in [0, 0.1) is 0 Å². The van der Waals surface area contributed by atoms with Crippen molar-refractivity contribution in [2.75, 3.05) is 0 Å². The summed E-state index contributed by atoms with van der Waals surface area (Å²) in [5, 5.41) is 14.6. The summed E-state index contributed by atoms with van der Waals surface area (Å²) in [5.41, 5.74) is 1.56. The van der Waals surface area contributed by atoms with E-state index in [9.17, 15) is 0 Å². The number of para-hydroxylation sites is 1. The molecule has 0 aliphatic rings. The van der Waals surface area contributed by atoms with Gasteiger partial charge in [0.25, 0.3) is 0 Å². The van der Waals surface area contributed by atoms with Crippen molar-refractivity contribution in [1.29, 1.82) is 0 Å². The number of hydrogen-bond acceptors (Lipinski definition) is 5. The van der Waals surface area contributed by atoms with E-state index in [1.54, 1.807) is 0 Å². The molecule has 0 spiro atoms. The third-order valence-corrected chi connectivity index (χ3v) is 2.10. The maximum Gasteiger partial charge on any atom is 0.223 e. The molecule has 86 valence electrons. The van der Waals surface area contributed by atoms with Gasteiger partial charge >= 0.3 is 0 Å². The molecule has 0 fully saturated rings. The number of nitrogens with one attached hydrogen (secondary N) is 1. The summed E-state index contributed by atoms with van der Waals surface area (Å²) in [6.45, 7) is 4.00. The fourth-order valence-electron chi connectivity index (χ4n) is 1.45. The van der Waals surface area contributed by atoms with E-state index < -0.39 is 0 Å². The Morgan fingerprint density at radius 2 is 1.88 bits per heavy atom. The Morgan fingerprint density at radius 3 is 2.65 bits per heavy atom. The van der Waals surface area contributed by atoms with Crippen LogP contribution in [0.25, 0.3) is 22.4 Å². The largest absolute Gasteiger partial charge is 0.236 e. The molecule has 17 heavy (non-hydrogen) atoms. The number of benzene rings is 1. The molecule has 0 aliphatic heterocycles. The molecule has 0 unspecified atom stereocenters. The van der Waals surface area contributed by atoms with Crippen molar-refractivity contribution >= 4 is 10.9 Å². The van der Waals surface area contributed by atoms with Crippen LogP contribution < -0.4 is 0 Å². The van der Waals surface area contributed by atoms with E-state index in [4.69, 9.17) is 0 Å². The number of nitrogens with zero attached hydrogens (tertiary/aromatic N) is 5. The first-order valence-electron chi connectivity index (χ1n) is 5.39. The second kappa shape index (κ2) is 5.11. The van der Waals surface area contributed by atoms with Gasteiger partial charge in [0.15, 0.2) is 0 Å². The lowest BCUT2D eigenvalue weighted by Crippen LogP contribution is -1.90. The van der Waals surface area contributed by atoms with Crippen LogP contribution in [0.2, 0.25) is 0 Å². The van der Waals surface area contributed by atoms with Crippen molar-refractivity contribution in [1.82, 2.24) is 30.6 Å². The Morgan fingerprint density at radius 1 is 1.06 bits per heavy atom. The quantitative estimate of drug-likeness (QED) is 0.687. The van der Waals surface area contributed by atoms with Gasteiger partial charge < -0.3 is 0 Å². The lowest BCUT2D eigenvalue weighted by Gasteiger charge is -1.99. The topological polar surface area (TPSA) is 80.2 Å². The maximum absolute atomic E-state index is 4.15. The van der Waals surface area contributed by atoms with E-state index in [1.165, 1.54) is 6.33 Å². The monoisotopic (exact) mass is 228 g/mol. The van der Waals surface area contributed by atoms with E-state index in [0.29, 0.717) is 11.5 Å². The van der Waals surface area contributed by atoms with Crippen LogP contribution >= 0.6 is 0 Å². The summed E-state index contributed by atoms with van der Waals surface area (Å²) in [7, 11) is 0. The molecule has 0 saturated carbocycles. The number of rotatable bonds is 1. The predicted octanol–water partition coefficient (Wildman–Crippen LogP) is 1.84. The highest BCUT2D eigenvalue weighted by Gasteiger charge is 2.08. The predicted molar refractivity (Wildman–Crippen MR) is 64.1 cm³/mol. The summed E-state index contributed by atoms with van der Waals surface area (Å²) < 4.78 is 0. The van der Waals surface area contributed by atoms with Gasteiger partial charge in [0.05, 0.1) is 5.52 Å². The number of aromatic nitrogens is 6. The molecular weight excluding hydrogens is 216 g/mol. The van der Waals surface area contributed by atoms with Crippen molar-refractivity contribution in [3.8, 4) is 11.5 Å². The summed E-state index contributed by atoms with van der Waals surface area (Å²) in [6.07, 6.45) is 1.49. The summed E-state index contributed by atoms with van der Waals surface area (Å²) >= 11 is 0. The van der Waals surface area contributed by atoms with Crippen molar-refractivity contribution in [3.05, 3.63) is 30.6 Å². The van der Waals surface area contributed by atoms with Crippen LogP contribution in [0.4, 0.5) is 0 Å². The molecule has 0 amide bonds. The minimum absolute atomic E-state index is 0.480. The summed E-state index contributed by atoms with van der Waals surface area (Å²) in [6, 6.07) is 7.70. The lowest BCUT2D eigenvalue weighted by atomic mass is 10.2. The van der Waals surface area contributed by atoms with Crippen molar-refractivity contribution in [2.45, 2.75) is 13.8 Å². The molecule has 2 heterocycles. The van der Waals surface area contributed by atoms with E-state index in [-0.39, 0.29) is 0 Å². The molecule has 0 saturated heterocycles. The zero-order valence-electron chi connectivity index (χ0n) is 9.62. The van der Waals surface area contributed by atoms with Gasteiger partial charge in [-0.3, -0.25) is 0 Å². The molecule has 3 aromatic rings. The van der Waals surface area contributed by atoms with Gasteiger partial charge in [-0.25, -0.2) is 9.97 Å². The van der Waals surface area contributed by atoms with Crippen LogP contribution in [0.15, 0.2) is 30.6 Å². The van der Waals surface area contributed by atoms with Crippen molar-refractivity contribution in [3.63, 3.8) is 0 Å². The molecule has 3 rings (SSSR count). The number of H-pyrrole nitrogens is 1. The molecule has 1 N–H and O–H groups in total. The van der Waals surface area contributed by atoms with E-state index in [0.717, 1.165) is 10.9 Å². The Labute approximate surface area is 98.1 Å². The zero-order chi connectivity index (χ0) is 12.1. The van der Waals surface area contributed by atoms with Gasteiger partial charge in [0.1, 0.15) is 12.0 Å². The SMILES string of the molecule is CC.c1ccc2c(-c3nn[nH]n3)ncnc2c1. The molecule has 6 nitrogen and oxygen atoms in total. The molecule has 1 aromatic carbocycles. The number of aromatic amines is 1. The molecular formula is C11H12N6. The van der Waals surface area contributed by atoms with Crippen LogP contribution in [0.1, 0.15) is 13.8 Å². The second-order valence-electron chi connectivity index (χ2n) is 2.97. The Bertz CT molecular complexity index is 584. The van der Waals surface area contributed by atoms with Crippen LogP contribution in [0.3, 0.4) is 0 Å². The lowest BCUT2D eigenvalue weighted by molar-refractivity contribution is 0.881. The fraction of sp³-hybridized carbons (Fsp3) is 0.182. The van der Waals surface area contributed by atoms with Crippen molar-refractivity contribution in [2.24, 2.45) is 0 Å². The van der Waals surface area contributed by atoms with Gasteiger partial charge in [0.2, 0.25) is 5.82 Å². The van der Waals surface area contributed by atoms with Crippen molar-refractivity contribution < 1.29 is 0 Å². The third kappa shape index (κ3) is 2.10. The fourth-order valence-corrected chi connectivity index (χ4v) is 1.45. The zero-order valence-corrected chi connectivity index (χ0v) is 9.62. The highest BCUT2D eigenvalue weighted by molar-refractivity contribution is 5.89.